The van der Waals surface area contributed by atoms with Crippen molar-refractivity contribution in [2.45, 2.75) is 6.42 Å². The molecule has 1 aromatic rings. The van der Waals surface area contributed by atoms with Gasteiger partial charge in [-0.15, -0.1) is 12.3 Å². The molecule has 15 heavy (non-hydrogen) atoms. The van der Waals surface area contributed by atoms with E-state index >= 15 is 0 Å². The first-order chi connectivity index (χ1) is 7.16. The molecule has 1 amide bonds. The molecular formula is C11H9ClFNO. The Hall–Kier alpha value is -1.53. The minimum atomic E-state index is -0.711. The Labute approximate surface area is 92.4 Å². The van der Waals surface area contributed by atoms with Gasteiger partial charge in [-0.05, 0) is 12.1 Å². The van der Waals surface area contributed by atoms with Crippen molar-refractivity contribution in [3.63, 3.8) is 0 Å². The van der Waals surface area contributed by atoms with Crippen LogP contribution in [0.15, 0.2) is 18.2 Å². The number of hydrogen-bond donors (Lipinski definition) is 1. The topological polar surface area (TPSA) is 29.1 Å². The summed E-state index contributed by atoms with van der Waals surface area (Å²) in [4.78, 5) is 11.4. The molecule has 0 aliphatic heterocycles. The van der Waals surface area contributed by atoms with Gasteiger partial charge >= 0.3 is 0 Å². The van der Waals surface area contributed by atoms with Gasteiger partial charge in [-0.25, -0.2) is 4.39 Å². The summed E-state index contributed by atoms with van der Waals surface area (Å²) in [5.41, 5.74) is -0.0699. The summed E-state index contributed by atoms with van der Waals surface area (Å²) in [6.45, 7) is 0.321. The predicted octanol–water partition coefficient (Wildman–Crippen LogP) is 2.23. The molecule has 0 atom stereocenters. The highest BCUT2D eigenvalue weighted by molar-refractivity contribution is 6.31. The lowest BCUT2D eigenvalue weighted by Crippen LogP contribution is -2.25. The van der Waals surface area contributed by atoms with Crippen LogP contribution in [0.2, 0.25) is 5.02 Å². The number of halogens is 2. The summed E-state index contributed by atoms with van der Waals surface area (Å²) in [6, 6.07) is 4.27. The number of carbonyl (C=O) groups excluding carboxylic acids is 1. The van der Waals surface area contributed by atoms with Gasteiger partial charge in [0.1, 0.15) is 0 Å². The molecule has 0 unspecified atom stereocenters. The fourth-order valence-electron chi connectivity index (χ4n) is 1.02. The van der Waals surface area contributed by atoms with Crippen molar-refractivity contribution in [3.05, 3.63) is 34.6 Å². The zero-order valence-electron chi connectivity index (χ0n) is 7.89. The van der Waals surface area contributed by atoms with Gasteiger partial charge in [0.25, 0.3) is 5.91 Å². The molecule has 0 fully saturated rings. The Kier molecular flexibility index (Phi) is 4.14. The minimum Gasteiger partial charge on any atom is -0.351 e. The molecule has 0 heterocycles. The van der Waals surface area contributed by atoms with Crippen molar-refractivity contribution in [2.24, 2.45) is 0 Å². The van der Waals surface area contributed by atoms with E-state index in [1.54, 1.807) is 0 Å². The average Bonchev–Trinajstić information content (AvgIpc) is 2.22. The maximum absolute atomic E-state index is 13.3. The molecule has 2 nitrogen and oxygen atoms in total. The third kappa shape index (κ3) is 2.97. The largest absolute Gasteiger partial charge is 0.351 e. The van der Waals surface area contributed by atoms with Crippen LogP contribution in [-0.2, 0) is 0 Å². The molecule has 1 N–H and O–H groups in total. The quantitative estimate of drug-likeness (QED) is 0.620. The smallest absolute Gasteiger partial charge is 0.254 e. The van der Waals surface area contributed by atoms with Gasteiger partial charge in [0.05, 0.1) is 10.6 Å². The highest BCUT2D eigenvalue weighted by atomic mass is 35.5. The Balaban J connectivity index is 2.75. The van der Waals surface area contributed by atoms with E-state index in [0.29, 0.717) is 13.0 Å². The third-order valence-corrected chi connectivity index (χ3v) is 2.04. The van der Waals surface area contributed by atoms with E-state index in [1.807, 2.05) is 0 Å². The number of carbonyl (C=O) groups is 1. The van der Waals surface area contributed by atoms with Crippen molar-refractivity contribution in [1.82, 2.24) is 5.32 Å². The molecule has 0 bridgehead atoms. The van der Waals surface area contributed by atoms with E-state index in [9.17, 15) is 9.18 Å². The van der Waals surface area contributed by atoms with Crippen LogP contribution < -0.4 is 5.32 Å². The first-order valence-electron chi connectivity index (χ1n) is 4.32. The number of terminal acetylenes is 1. The van der Waals surface area contributed by atoms with Crippen molar-refractivity contribution >= 4 is 17.5 Å². The molecule has 0 radical (unpaired) electrons. The Morgan fingerprint density at radius 2 is 2.33 bits per heavy atom. The zero-order valence-corrected chi connectivity index (χ0v) is 8.64. The second-order valence-electron chi connectivity index (χ2n) is 2.81. The molecule has 0 spiro atoms. The van der Waals surface area contributed by atoms with Crippen LogP contribution >= 0.6 is 11.6 Å². The first-order valence-corrected chi connectivity index (χ1v) is 4.70. The summed E-state index contributed by atoms with van der Waals surface area (Å²) in [5, 5.41) is 2.42. The maximum Gasteiger partial charge on any atom is 0.254 e. The molecule has 78 valence electrons. The van der Waals surface area contributed by atoms with E-state index in [4.69, 9.17) is 18.0 Å². The van der Waals surface area contributed by atoms with E-state index in [1.165, 1.54) is 18.2 Å². The number of rotatable bonds is 3. The molecule has 4 heteroatoms. The second-order valence-corrected chi connectivity index (χ2v) is 3.22. The van der Waals surface area contributed by atoms with E-state index in [2.05, 4.69) is 11.2 Å². The number of amides is 1. The number of nitrogens with one attached hydrogen (secondary N) is 1. The third-order valence-electron chi connectivity index (χ3n) is 1.75. The molecule has 0 saturated heterocycles. The summed E-state index contributed by atoms with van der Waals surface area (Å²) >= 11 is 5.53. The molecule has 0 saturated carbocycles. The van der Waals surface area contributed by atoms with Crippen LogP contribution in [0.4, 0.5) is 4.39 Å². The number of benzene rings is 1. The van der Waals surface area contributed by atoms with Crippen LogP contribution in [-0.4, -0.2) is 12.5 Å². The summed E-state index contributed by atoms with van der Waals surface area (Å²) < 4.78 is 13.3. The fraction of sp³-hybridized carbons (Fsp3) is 0.182. The highest BCUT2D eigenvalue weighted by Crippen LogP contribution is 2.17. The van der Waals surface area contributed by atoms with Gasteiger partial charge in [-0.1, -0.05) is 17.7 Å². The lowest BCUT2D eigenvalue weighted by molar-refractivity contribution is 0.0950. The van der Waals surface area contributed by atoms with Crippen LogP contribution in [0.3, 0.4) is 0 Å². The van der Waals surface area contributed by atoms with Gasteiger partial charge in [0.15, 0.2) is 5.82 Å². The molecular weight excluding hydrogens is 217 g/mol. The Bertz CT molecular complexity index is 412. The van der Waals surface area contributed by atoms with E-state index in [0.717, 1.165) is 0 Å². The van der Waals surface area contributed by atoms with Crippen molar-refractivity contribution in [2.75, 3.05) is 6.54 Å². The Morgan fingerprint density at radius 3 is 3.00 bits per heavy atom. The van der Waals surface area contributed by atoms with Crippen LogP contribution in [0.5, 0.6) is 0 Å². The molecule has 0 aliphatic rings. The molecule has 1 rings (SSSR count). The van der Waals surface area contributed by atoms with Crippen LogP contribution in [0.1, 0.15) is 16.8 Å². The summed E-state index contributed by atoms with van der Waals surface area (Å²) in [7, 11) is 0. The summed E-state index contributed by atoms with van der Waals surface area (Å²) in [6.07, 6.45) is 5.42. The van der Waals surface area contributed by atoms with Gasteiger partial charge in [0.2, 0.25) is 0 Å². The minimum absolute atomic E-state index is 0.0698. The lowest BCUT2D eigenvalue weighted by atomic mass is 10.2. The zero-order chi connectivity index (χ0) is 11.3. The van der Waals surface area contributed by atoms with Gasteiger partial charge in [0, 0.05) is 13.0 Å². The van der Waals surface area contributed by atoms with E-state index in [-0.39, 0.29) is 10.6 Å². The van der Waals surface area contributed by atoms with Crippen molar-refractivity contribution < 1.29 is 9.18 Å². The van der Waals surface area contributed by atoms with Crippen molar-refractivity contribution in [1.29, 1.82) is 0 Å². The average molecular weight is 226 g/mol. The molecule has 0 aliphatic carbocycles. The lowest BCUT2D eigenvalue weighted by Gasteiger charge is -2.04. The van der Waals surface area contributed by atoms with Crippen LogP contribution in [0, 0.1) is 18.2 Å². The second kappa shape index (κ2) is 5.38. The van der Waals surface area contributed by atoms with Gasteiger partial charge in [-0.2, -0.15) is 0 Å². The highest BCUT2D eigenvalue weighted by Gasteiger charge is 2.12. The SMILES string of the molecule is C#CCCNC(=O)c1cccc(Cl)c1F. The number of hydrogen-bond acceptors (Lipinski definition) is 1. The standard InChI is InChI=1S/C11H9ClFNO/c1-2-3-7-14-11(15)8-5-4-6-9(12)10(8)13/h1,4-6H,3,7H2,(H,14,15). The van der Waals surface area contributed by atoms with Gasteiger partial charge < -0.3 is 5.32 Å². The fourth-order valence-corrected chi connectivity index (χ4v) is 1.20. The van der Waals surface area contributed by atoms with Crippen LogP contribution in [0.25, 0.3) is 0 Å². The summed E-state index contributed by atoms with van der Waals surface area (Å²) in [5.74, 6) is 1.15. The molecule has 1 aromatic carbocycles. The maximum atomic E-state index is 13.3. The van der Waals surface area contributed by atoms with E-state index < -0.39 is 11.7 Å². The predicted molar refractivity (Wildman–Crippen MR) is 57.2 cm³/mol. The van der Waals surface area contributed by atoms with Crippen molar-refractivity contribution in [3.8, 4) is 12.3 Å². The normalized spacial score (nSPS) is 9.40. The monoisotopic (exact) mass is 225 g/mol. The first kappa shape index (κ1) is 11.5. The Morgan fingerprint density at radius 1 is 1.60 bits per heavy atom. The molecule has 0 aromatic heterocycles. The van der Waals surface area contributed by atoms with Gasteiger partial charge in [-0.3, -0.25) is 4.79 Å².